The van der Waals surface area contributed by atoms with Gasteiger partial charge < -0.3 is 5.32 Å². The summed E-state index contributed by atoms with van der Waals surface area (Å²) in [5.41, 5.74) is 5.80. The molecule has 0 amide bonds. The molecule has 0 spiro atoms. The molecule has 2 aromatic heterocycles. The number of hydrogen-bond donors (Lipinski definition) is 1. The van der Waals surface area contributed by atoms with Crippen molar-refractivity contribution in [2.75, 3.05) is 5.32 Å². The van der Waals surface area contributed by atoms with Gasteiger partial charge in [0, 0.05) is 47.7 Å². The minimum atomic E-state index is 0.785. The molecule has 0 bridgehead atoms. The summed E-state index contributed by atoms with van der Waals surface area (Å²) < 4.78 is 1.93. The molecular weight excluding hydrogens is 280 g/mol. The lowest BCUT2D eigenvalue weighted by Gasteiger charge is -2.08. The quantitative estimate of drug-likeness (QED) is 0.797. The van der Waals surface area contributed by atoms with Crippen molar-refractivity contribution in [1.29, 1.82) is 0 Å². The zero-order valence-electron chi connectivity index (χ0n) is 12.4. The van der Waals surface area contributed by atoms with Crippen molar-refractivity contribution in [2.45, 2.75) is 20.4 Å². The topological polar surface area (TPSA) is 42.7 Å². The van der Waals surface area contributed by atoms with Gasteiger partial charge >= 0.3 is 0 Å². The van der Waals surface area contributed by atoms with Crippen LogP contribution < -0.4 is 5.32 Å². The third-order valence-corrected chi connectivity index (χ3v) is 4.49. The molecule has 4 nitrogen and oxygen atoms in total. The van der Waals surface area contributed by atoms with E-state index in [-0.39, 0.29) is 0 Å². The molecule has 0 aliphatic carbocycles. The largest absolute Gasteiger partial charge is 0.381 e. The number of anilines is 1. The van der Waals surface area contributed by atoms with Gasteiger partial charge in [0.05, 0.1) is 5.69 Å². The number of aryl methyl sites for hydroxylation is 2. The lowest BCUT2D eigenvalue weighted by atomic mass is 10.1. The van der Waals surface area contributed by atoms with Crippen LogP contribution in [0.25, 0.3) is 10.6 Å². The second-order valence-corrected chi connectivity index (χ2v) is 5.94. The van der Waals surface area contributed by atoms with Crippen LogP contribution in [0.15, 0.2) is 35.8 Å². The second-order valence-electron chi connectivity index (χ2n) is 5.04. The Morgan fingerprint density at radius 3 is 2.81 bits per heavy atom. The number of aromatic nitrogens is 3. The van der Waals surface area contributed by atoms with Gasteiger partial charge in [-0.25, -0.2) is 4.98 Å². The van der Waals surface area contributed by atoms with E-state index in [0.29, 0.717) is 0 Å². The molecule has 0 fully saturated rings. The minimum Gasteiger partial charge on any atom is -0.381 e. The Bertz CT molecular complexity index is 744. The number of thiazole rings is 1. The number of nitrogens with zero attached hydrogens (tertiary/aromatic N) is 3. The summed E-state index contributed by atoms with van der Waals surface area (Å²) in [4.78, 5) is 4.35. The third kappa shape index (κ3) is 2.83. The summed E-state index contributed by atoms with van der Waals surface area (Å²) in [5, 5.41) is 11.0. The Morgan fingerprint density at radius 1 is 1.29 bits per heavy atom. The fourth-order valence-corrected chi connectivity index (χ4v) is 3.03. The highest BCUT2D eigenvalue weighted by Crippen LogP contribution is 2.25. The van der Waals surface area contributed by atoms with Crippen LogP contribution in [0.4, 0.5) is 5.69 Å². The molecule has 0 aliphatic rings. The van der Waals surface area contributed by atoms with Crippen molar-refractivity contribution in [1.82, 2.24) is 14.8 Å². The van der Waals surface area contributed by atoms with E-state index in [4.69, 9.17) is 0 Å². The van der Waals surface area contributed by atoms with Crippen LogP contribution in [0.5, 0.6) is 0 Å². The molecule has 1 aromatic carbocycles. The van der Waals surface area contributed by atoms with E-state index < -0.39 is 0 Å². The van der Waals surface area contributed by atoms with Crippen molar-refractivity contribution in [3.63, 3.8) is 0 Å². The highest BCUT2D eigenvalue weighted by Gasteiger charge is 2.09. The molecule has 5 heteroatoms. The van der Waals surface area contributed by atoms with E-state index in [9.17, 15) is 0 Å². The van der Waals surface area contributed by atoms with Gasteiger partial charge in [0.1, 0.15) is 5.01 Å². The van der Waals surface area contributed by atoms with Crippen LogP contribution in [0.2, 0.25) is 0 Å². The molecule has 2 heterocycles. The first-order valence-corrected chi connectivity index (χ1v) is 7.76. The van der Waals surface area contributed by atoms with E-state index in [2.05, 4.69) is 53.5 Å². The van der Waals surface area contributed by atoms with Crippen molar-refractivity contribution in [3.8, 4) is 10.6 Å². The fraction of sp³-hybridized carbons (Fsp3) is 0.250. The maximum atomic E-state index is 4.45. The number of rotatable bonds is 4. The van der Waals surface area contributed by atoms with E-state index in [1.807, 2.05) is 23.3 Å². The minimum absolute atomic E-state index is 0.785. The summed E-state index contributed by atoms with van der Waals surface area (Å²) in [7, 11) is 1.98. The highest BCUT2D eigenvalue weighted by molar-refractivity contribution is 7.13. The Hall–Kier alpha value is -2.14. The molecule has 3 rings (SSSR count). The van der Waals surface area contributed by atoms with Gasteiger partial charge in [-0.05, 0) is 26.0 Å². The first-order valence-electron chi connectivity index (χ1n) is 6.88. The van der Waals surface area contributed by atoms with Crippen molar-refractivity contribution >= 4 is 17.0 Å². The molecule has 21 heavy (non-hydrogen) atoms. The first kappa shape index (κ1) is 13.8. The monoisotopic (exact) mass is 298 g/mol. The Balaban J connectivity index is 1.78. The molecule has 0 aliphatic heterocycles. The average Bonchev–Trinajstić information content (AvgIpc) is 3.08. The van der Waals surface area contributed by atoms with E-state index in [1.54, 1.807) is 11.3 Å². The summed E-state index contributed by atoms with van der Waals surface area (Å²) >= 11 is 1.66. The van der Waals surface area contributed by atoms with Gasteiger partial charge in [-0.3, -0.25) is 4.68 Å². The van der Waals surface area contributed by atoms with E-state index >= 15 is 0 Å². The van der Waals surface area contributed by atoms with Crippen molar-refractivity contribution in [2.24, 2.45) is 7.05 Å². The summed E-state index contributed by atoms with van der Waals surface area (Å²) in [6, 6.07) is 8.37. The predicted octanol–water partition coefficient (Wildman–Crippen LogP) is 3.77. The first-order chi connectivity index (χ1) is 10.1. The van der Waals surface area contributed by atoms with Crippen molar-refractivity contribution in [3.05, 3.63) is 52.8 Å². The number of nitrogens with one attached hydrogen (secondary N) is 1. The number of benzene rings is 1. The number of hydrogen-bond acceptors (Lipinski definition) is 4. The van der Waals surface area contributed by atoms with Crippen LogP contribution in [0.3, 0.4) is 0 Å². The standard InChI is InChI=1S/C16H18N4S/c1-11-15(12(2)20(3)19-11)10-18-14-6-4-5-13(9-14)16-17-7-8-21-16/h4-9,18H,10H2,1-3H3. The molecule has 0 radical (unpaired) electrons. The molecular formula is C16H18N4S. The Morgan fingerprint density at radius 2 is 2.14 bits per heavy atom. The Labute approximate surface area is 128 Å². The van der Waals surface area contributed by atoms with Gasteiger partial charge in [0.2, 0.25) is 0 Å². The van der Waals surface area contributed by atoms with Gasteiger partial charge in [-0.15, -0.1) is 11.3 Å². The van der Waals surface area contributed by atoms with E-state index in [0.717, 1.165) is 28.5 Å². The fourth-order valence-electron chi connectivity index (χ4n) is 2.39. The smallest absolute Gasteiger partial charge is 0.123 e. The van der Waals surface area contributed by atoms with Crippen LogP contribution >= 0.6 is 11.3 Å². The third-order valence-electron chi connectivity index (χ3n) is 3.67. The molecule has 3 aromatic rings. The maximum Gasteiger partial charge on any atom is 0.123 e. The lowest BCUT2D eigenvalue weighted by Crippen LogP contribution is -2.02. The summed E-state index contributed by atoms with van der Waals surface area (Å²) in [5.74, 6) is 0. The Kier molecular flexibility index (Phi) is 3.75. The summed E-state index contributed by atoms with van der Waals surface area (Å²) in [6.07, 6.45) is 1.84. The molecule has 0 unspecified atom stereocenters. The van der Waals surface area contributed by atoms with Crippen LogP contribution in [0.1, 0.15) is 17.0 Å². The lowest BCUT2D eigenvalue weighted by molar-refractivity contribution is 0.730. The second kappa shape index (κ2) is 5.69. The SMILES string of the molecule is Cc1nn(C)c(C)c1CNc1cccc(-c2nccs2)c1. The zero-order chi connectivity index (χ0) is 14.8. The average molecular weight is 298 g/mol. The van der Waals surface area contributed by atoms with Gasteiger partial charge in [0.25, 0.3) is 0 Å². The van der Waals surface area contributed by atoms with Crippen LogP contribution in [-0.4, -0.2) is 14.8 Å². The van der Waals surface area contributed by atoms with Gasteiger partial charge in [0.15, 0.2) is 0 Å². The van der Waals surface area contributed by atoms with Gasteiger partial charge in [-0.1, -0.05) is 12.1 Å². The molecule has 0 saturated carbocycles. The summed E-state index contributed by atoms with van der Waals surface area (Å²) in [6.45, 7) is 4.94. The molecule has 1 N–H and O–H groups in total. The predicted molar refractivity (Wildman–Crippen MR) is 87.6 cm³/mol. The van der Waals surface area contributed by atoms with Crippen LogP contribution in [0, 0.1) is 13.8 Å². The van der Waals surface area contributed by atoms with Crippen LogP contribution in [-0.2, 0) is 13.6 Å². The molecule has 0 atom stereocenters. The molecule has 0 saturated heterocycles. The van der Waals surface area contributed by atoms with Gasteiger partial charge in [-0.2, -0.15) is 5.10 Å². The van der Waals surface area contributed by atoms with E-state index in [1.165, 1.54) is 11.3 Å². The highest BCUT2D eigenvalue weighted by atomic mass is 32.1. The van der Waals surface area contributed by atoms with Crippen molar-refractivity contribution < 1.29 is 0 Å². The zero-order valence-corrected chi connectivity index (χ0v) is 13.2. The normalized spacial score (nSPS) is 10.8. The molecule has 108 valence electrons. The maximum absolute atomic E-state index is 4.45.